The number of carbonyl (C=O) groups excluding carboxylic acids is 1. The van der Waals surface area contributed by atoms with E-state index < -0.39 is 5.91 Å². The fraction of sp³-hybridized carbons (Fsp3) is 0. The van der Waals surface area contributed by atoms with Crippen LogP contribution < -0.4 is 5.32 Å². The van der Waals surface area contributed by atoms with Gasteiger partial charge in [0.1, 0.15) is 5.69 Å². The molecule has 1 aromatic carbocycles. The minimum Gasteiger partial charge on any atom is -0.324 e. The number of H-pyrrole nitrogens is 1. The van der Waals surface area contributed by atoms with Crippen molar-refractivity contribution in [3.8, 4) is 0 Å². The number of nitrogens with one attached hydrogen (secondary N) is 2. The monoisotopic (exact) mass is 340 g/mol. The number of hydrogen-bond donors (Lipinski definition) is 2. The van der Waals surface area contributed by atoms with Crippen molar-refractivity contribution in [1.82, 2.24) is 15.0 Å². The smallest absolute Gasteiger partial charge is 0.278 e. The molecule has 0 saturated carbocycles. The Morgan fingerprint density at radius 1 is 1.14 bits per heavy atom. The van der Waals surface area contributed by atoms with E-state index in [-0.39, 0.29) is 20.8 Å². The maximum Gasteiger partial charge on any atom is 0.278 e. The zero-order valence-corrected chi connectivity index (χ0v) is 12.6. The third-order valence-electron chi connectivity index (χ3n) is 2.75. The Morgan fingerprint density at radius 3 is 2.67 bits per heavy atom. The Labute approximate surface area is 134 Å². The number of halogens is 3. The molecule has 0 unspecified atom stereocenters. The van der Waals surface area contributed by atoms with E-state index in [1.165, 1.54) is 6.20 Å². The van der Waals surface area contributed by atoms with Crippen LogP contribution in [-0.4, -0.2) is 20.9 Å². The maximum absolute atomic E-state index is 12.2. The van der Waals surface area contributed by atoms with Crippen LogP contribution in [0.3, 0.4) is 0 Å². The van der Waals surface area contributed by atoms with Crippen molar-refractivity contribution < 1.29 is 4.79 Å². The van der Waals surface area contributed by atoms with Gasteiger partial charge in [-0.15, -0.1) is 0 Å². The molecule has 3 aromatic rings. The number of carbonyl (C=O) groups is 1. The van der Waals surface area contributed by atoms with Gasteiger partial charge in [0.25, 0.3) is 5.91 Å². The van der Waals surface area contributed by atoms with E-state index >= 15 is 0 Å². The molecule has 2 heterocycles. The molecule has 21 heavy (non-hydrogen) atoms. The number of pyridine rings is 1. The number of fused-ring (bicyclic) bond motifs is 1. The van der Waals surface area contributed by atoms with E-state index in [0.29, 0.717) is 5.95 Å². The predicted molar refractivity (Wildman–Crippen MR) is 83.3 cm³/mol. The lowest BCUT2D eigenvalue weighted by atomic mass is 10.3. The number of rotatable bonds is 2. The Balaban J connectivity index is 1.91. The first-order valence-electron chi connectivity index (χ1n) is 5.82. The van der Waals surface area contributed by atoms with Crippen LogP contribution in [0.25, 0.3) is 11.0 Å². The van der Waals surface area contributed by atoms with Crippen LogP contribution in [0.5, 0.6) is 0 Å². The van der Waals surface area contributed by atoms with E-state index in [0.717, 1.165) is 11.0 Å². The SMILES string of the molecule is O=C(Nc1nc2ccccc2[nH]1)c1ncc(Cl)c(Cl)c1Cl. The van der Waals surface area contributed by atoms with Crippen molar-refractivity contribution in [2.45, 2.75) is 0 Å². The Kier molecular flexibility index (Phi) is 3.71. The van der Waals surface area contributed by atoms with Gasteiger partial charge >= 0.3 is 0 Å². The number of para-hydroxylation sites is 2. The summed E-state index contributed by atoms with van der Waals surface area (Å²) in [6, 6.07) is 7.39. The molecule has 3 rings (SSSR count). The molecule has 0 aliphatic rings. The van der Waals surface area contributed by atoms with Crippen molar-refractivity contribution in [1.29, 1.82) is 0 Å². The molecule has 0 radical (unpaired) electrons. The molecule has 0 aliphatic carbocycles. The molecule has 0 bridgehead atoms. The van der Waals surface area contributed by atoms with Crippen molar-refractivity contribution in [2.75, 3.05) is 5.32 Å². The van der Waals surface area contributed by atoms with Crippen LogP contribution in [0.4, 0.5) is 5.95 Å². The lowest BCUT2D eigenvalue weighted by Gasteiger charge is -2.05. The number of benzene rings is 1. The second-order valence-corrected chi connectivity index (χ2v) is 5.30. The average molecular weight is 342 g/mol. The van der Waals surface area contributed by atoms with Gasteiger partial charge < -0.3 is 4.98 Å². The second kappa shape index (κ2) is 5.52. The molecule has 5 nitrogen and oxygen atoms in total. The first-order chi connectivity index (χ1) is 10.1. The molecule has 0 saturated heterocycles. The van der Waals surface area contributed by atoms with Gasteiger partial charge in [0.15, 0.2) is 0 Å². The summed E-state index contributed by atoms with van der Waals surface area (Å²) in [6.07, 6.45) is 1.27. The summed E-state index contributed by atoms with van der Waals surface area (Å²) in [6.45, 7) is 0. The molecule has 1 amide bonds. The highest BCUT2D eigenvalue weighted by Crippen LogP contribution is 2.31. The van der Waals surface area contributed by atoms with Crippen molar-refractivity contribution in [3.05, 3.63) is 51.2 Å². The minimum absolute atomic E-state index is 0.00206. The zero-order chi connectivity index (χ0) is 15.0. The molecule has 0 fully saturated rings. The quantitative estimate of drug-likeness (QED) is 0.735. The fourth-order valence-corrected chi connectivity index (χ4v) is 2.35. The summed E-state index contributed by atoms with van der Waals surface area (Å²) < 4.78 is 0. The summed E-state index contributed by atoms with van der Waals surface area (Å²) in [5.74, 6) is -0.234. The summed E-state index contributed by atoms with van der Waals surface area (Å²) >= 11 is 17.6. The molecule has 0 spiro atoms. The van der Waals surface area contributed by atoms with Gasteiger partial charge in [0, 0.05) is 6.20 Å². The summed E-state index contributed by atoms with van der Waals surface area (Å²) in [5, 5.41) is 2.85. The van der Waals surface area contributed by atoms with Gasteiger partial charge in [-0.25, -0.2) is 9.97 Å². The number of imidazole rings is 1. The first-order valence-corrected chi connectivity index (χ1v) is 6.95. The Bertz CT molecular complexity index is 814. The maximum atomic E-state index is 12.2. The number of aromatic amines is 1. The number of hydrogen-bond acceptors (Lipinski definition) is 3. The zero-order valence-electron chi connectivity index (χ0n) is 10.3. The lowest BCUT2D eigenvalue weighted by Crippen LogP contribution is -2.15. The minimum atomic E-state index is -0.530. The van der Waals surface area contributed by atoms with Crippen LogP contribution in [-0.2, 0) is 0 Å². The largest absolute Gasteiger partial charge is 0.324 e. The molecule has 0 aliphatic heterocycles. The third-order valence-corrected chi connectivity index (χ3v) is 3.99. The molecule has 0 atom stereocenters. The van der Waals surface area contributed by atoms with Gasteiger partial charge in [-0.3, -0.25) is 10.1 Å². The summed E-state index contributed by atoms with van der Waals surface area (Å²) in [5.41, 5.74) is 1.52. The van der Waals surface area contributed by atoms with E-state index in [4.69, 9.17) is 34.8 Å². The van der Waals surface area contributed by atoms with Crippen molar-refractivity contribution in [3.63, 3.8) is 0 Å². The topological polar surface area (TPSA) is 70.7 Å². The highest BCUT2D eigenvalue weighted by Gasteiger charge is 2.18. The predicted octanol–water partition coefficient (Wildman–Crippen LogP) is 4.17. The van der Waals surface area contributed by atoms with Gasteiger partial charge in [-0.2, -0.15) is 0 Å². The molecule has 106 valence electrons. The third kappa shape index (κ3) is 2.68. The average Bonchev–Trinajstić information content (AvgIpc) is 2.86. The highest BCUT2D eigenvalue weighted by atomic mass is 35.5. The molecular formula is C13H7Cl3N4O. The van der Waals surface area contributed by atoms with E-state index in [9.17, 15) is 4.79 Å². The van der Waals surface area contributed by atoms with Crippen LogP contribution in [0.15, 0.2) is 30.5 Å². The van der Waals surface area contributed by atoms with Crippen molar-refractivity contribution >= 4 is 57.7 Å². The van der Waals surface area contributed by atoms with Crippen LogP contribution in [0, 0.1) is 0 Å². The van der Waals surface area contributed by atoms with Crippen LogP contribution >= 0.6 is 34.8 Å². The molecular weight excluding hydrogens is 335 g/mol. The standard InChI is InChI=1S/C13H7Cl3N4O/c14-6-5-17-11(10(16)9(6)15)12(21)20-13-18-7-3-1-2-4-8(7)19-13/h1-5H,(H2,18,19,20,21). The lowest BCUT2D eigenvalue weighted by molar-refractivity contribution is 0.102. The van der Waals surface area contributed by atoms with E-state index in [2.05, 4.69) is 20.3 Å². The number of amides is 1. The molecule has 2 aromatic heterocycles. The normalized spacial score (nSPS) is 10.8. The second-order valence-electron chi connectivity index (χ2n) is 4.14. The summed E-state index contributed by atoms with van der Waals surface area (Å²) in [4.78, 5) is 23.2. The fourth-order valence-electron chi connectivity index (χ4n) is 1.78. The van der Waals surface area contributed by atoms with Crippen LogP contribution in [0.2, 0.25) is 15.1 Å². The highest BCUT2D eigenvalue weighted by molar-refractivity contribution is 6.49. The Hall–Kier alpha value is -1.82. The molecule has 8 heteroatoms. The van der Waals surface area contributed by atoms with Gasteiger partial charge in [-0.05, 0) is 12.1 Å². The van der Waals surface area contributed by atoms with E-state index in [1.807, 2.05) is 24.3 Å². The van der Waals surface area contributed by atoms with Gasteiger partial charge in [0.05, 0.1) is 26.1 Å². The number of nitrogens with zero attached hydrogens (tertiary/aromatic N) is 2. The molecule has 2 N–H and O–H groups in total. The van der Waals surface area contributed by atoms with E-state index in [1.54, 1.807) is 0 Å². The number of anilines is 1. The summed E-state index contributed by atoms with van der Waals surface area (Å²) in [7, 11) is 0. The van der Waals surface area contributed by atoms with Gasteiger partial charge in [0.2, 0.25) is 5.95 Å². The Morgan fingerprint density at radius 2 is 1.90 bits per heavy atom. The van der Waals surface area contributed by atoms with Crippen molar-refractivity contribution in [2.24, 2.45) is 0 Å². The first kappa shape index (κ1) is 14.1. The van der Waals surface area contributed by atoms with Crippen LogP contribution in [0.1, 0.15) is 10.5 Å². The number of aromatic nitrogens is 3. The van der Waals surface area contributed by atoms with Gasteiger partial charge in [-0.1, -0.05) is 46.9 Å².